The lowest BCUT2D eigenvalue weighted by atomic mass is 9.88. The first-order valence-corrected chi connectivity index (χ1v) is 21.3. The van der Waals surface area contributed by atoms with Gasteiger partial charge in [0, 0.05) is 32.9 Å². The minimum atomic E-state index is 1.11. The number of rotatable bonds is 6. The Kier molecular flexibility index (Phi) is 7.79. The summed E-state index contributed by atoms with van der Waals surface area (Å²) >= 11 is 0. The number of fused-ring (bicyclic) bond motifs is 4. The van der Waals surface area contributed by atoms with Crippen molar-refractivity contribution in [1.29, 1.82) is 0 Å². The minimum Gasteiger partial charge on any atom is -0.309 e. The molecular formula is C56H44N2. The van der Waals surface area contributed by atoms with Crippen LogP contribution in [-0.4, -0.2) is 0 Å². The highest BCUT2D eigenvalue weighted by Gasteiger charge is 2.27. The molecule has 2 aliphatic carbocycles. The predicted molar refractivity (Wildman–Crippen MR) is 248 cm³/mol. The fraction of sp³-hybridized carbons (Fsp3) is 0.143. The van der Waals surface area contributed by atoms with Crippen LogP contribution in [0.5, 0.6) is 0 Å². The molecule has 10 aromatic carbocycles. The van der Waals surface area contributed by atoms with Crippen LogP contribution in [0.4, 0.5) is 34.1 Å². The SMILES string of the molecule is c1cc2c(c(N(c3cccc4ccccc34)c3ccc4ccc5c(N(c6cccc7c6CCCC7)c6cccc7ccccc67)ccc6ccc3c4c65)c1)CCCC2. The Bertz CT molecular complexity index is 2980. The lowest BCUT2D eigenvalue weighted by molar-refractivity contribution is 0.686. The predicted octanol–water partition coefficient (Wildman–Crippen LogP) is 15.6. The van der Waals surface area contributed by atoms with E-state index in [2.05, 4.69) is 180 Å². The van der Waals surface area contributed by atoms with Gasteiger partial charge in [-0.15, -0.1) is 0 Å². The van der Waals surface area contributed by atoms with Crippen LogP contribution in [-0.2, 0) is 25.7 Å². The van der Waals surface area contributed by atoms with Gasteiger partial charge >= 0.3 is 0 Å². The molecule has 2 nitrogen and oxygen atoms in total. The largest absolute Gasteiger partial charge is 0.309 e. The molecule has 0 amide bonds. The highest BCUT2D eigenvalue weighted by Crippen LogP contribution is 2.51. The average Bonchev–Trinajstić information content (AvgIpc) is 3.29. The van der Waals surface area contributed by atoms with Crippen molar-refractivity contribution in [3.05, 3.63) is 192 Å². The van der Waals surface area contributed by atoms with E-state index in [-0.39, 0.29) is 0 Å². The van der Waals surface area contributed by atoms with Gasteiger partial charge in [-0.05, 0) is 142 Å². The summed E-state index contributed by atoms with van der Waals surface area (Å²) in [6.07, 6.45) is 9.47. The van der Waals surface area contributed by atoms with E-state index in [1.807, 2.05) is 0 Å². The molecule has 0 radical (unpaired) electrons. The van der Waals surface area contributed by atoms with Crippen LogP contribution in [0.15, 0.2) is 170 Å². The molecule has 0 saturated carbocycles. The van der Waals surface area contributed by atoms with Crippen molar-refractivity contribution in [2.75, 3.05) is 9.80 Å². The van der Waals surface area contributed by atoms with Crippen LogP contribution in [0.25, 0.3) is 53.9 Å². The van der Waals surface area contributed by atoms with Gasteiger partial charge in [0.15, 0.2) is 0 Å². The zero-order valence-corrected chi connectivity index (χ0v) is 32.7. The molecular weight excluding hydrogens is 701 g/mol. The maximum atomic E-state index is 2.60. The fourth-order valence-electron chi connectivity index (χ4n) is 10.7. The van der Waals surface area contributed by atoms with E-state index in [9.17, 15) is 0 Å². The zero-order valence-electron chi connectivity index (χ0n) is 32.7. The number of hydrogen-bond acceptors (Lipinski definition) is 2. The lowest BCUT2D eigenvalue weighted by Gasteiger charge is -2.33. The van der Waals surface area contributed by atoms with E-state index in [0.717, 1.165) is 25.7 Å². The van der Waals surface area contributed by atoms with Crippen molar-refractivity contribution in [1.82, 2.24) is 0 Å². The van der Waals surface area contributed by atoms with Crippen molar-refractivity contribution in [2.24, 2.45) is 0 Å². The van der Waals surface area contributed by atoms with Crippen LogP contribution >= 0.6 is 0 Å². The Morgan fingerprint density at radius 1 is 0.259 bits per heavy atom. The number of benzene rings is 10. The maximum absolute atomic E-state index is 2.60. The molecule has 0 atom stereocenters. The van der Waals surface area contributed by atoms with E-state index in [1.54, 1.807) is 0 Å². The van der Waals surface area contributed by atoms with Crippen molar-refractivity contribution in [3.63, 3.8) is 0 Å². The van der Waals surface area contributed by atoms with Crippen molar-refractivity contribution in [2.45, 2.75) is 51.4 Å². The van der Waals surface area contributed by atoms with Crippen molar-refractivity contribution < 1.29 is 0 Å². The van der Waals surface area contributed by atoms with E-state index in [0.29, 0.717) is 0 Å². The summed E-state index contributed by atoms with van der Waals surface area (Å²) in [4.78, 5) is 5.19. The summed E-state index contributed by atoms with van der Waals surface area (Å²) in [5.74, 6) is 0. The number of hydrogen-bond donors (Lipinski definition) is 0. The Hall–Kier alpha value is -6.64. The molecule has 0 saturated heterocycles. The molecule has 10 aromatic rings. The quantitative estimate of drug-likeness (QED) is 0.156. The first-order chi connectivity index (χ1) is 28.8. The molecule has 12 rings (SSSR count). The molecule has 0 aliphatic heterocycles. The van der Waals surface area contributed by atoms with Gasteiger partial charge in [0.25, 0.3) is 0 Å². The third kappa shape index (κ3) is 5.17. The van der Waals surface area contributed by atoms with Gasteiger partial charge in [-0.2, -0.15) is 0 Å². The topological polar surface area (TPSA) is 6.48 Å². The molecule has 0 bridgehead atoms. The molecule has 0 N–H and O–H groups in total. The molecule has 2 heteroatoms. The molecule has 0 heterocycles. The van der Waals surface area contributed by atoms with Gasteiger partial charge in [-0.1, -0.05) is 133 Å². The van der Waals surface area contributed by atoms with E-state index < -0.39 is 0 Å². The number of aryl methyl sites for hydroxylation is 2. The molecule has 0 fully saturated rings. The number of nitrogens with zero attached hydrogens (tertiary/aromatic N) is 2. The van der Waals surface area contributed by atoms with Crippen LogP contribution in [0.2, 0.25) is 0 Å². The van der Waals surface area contributed by atoms with Gasteiger partial charge < -0.3 is 9.80 Å². The Morgan fingerprint density at radius 2 is 0.638 bits per heavy atom. The highest BCUT2D eigenvalue weighted by molar-refractivity contribution is 6.28. The summed E-state index contributed by atoms with van der Waals surface area (Å²) < 4.78 is 0. The van der Waals surface area contributed by atoms with Crippen LogP contribution < -0.4 is 9.80 Å². The monoisotopic (exact) mass is 744 g/mol. The summed E-state index contributed by atoms with van der Waals surface area (Å²) in [7, 11) is 0. The second kappa shape index (κ2) is 13.5. The van der Waals surface area contributed by atoms with Crippen molar-refractivity contribution >= 4 is 88.0 Å². The third-order valence-corrected chi connectivity index (χ3v) is 13.3. The molecule has 0 spiro atoms. The van der Waals surface area contributed by atoms with E-state index in [4.69, 9.17) is 0 Å². The molecule has 0 unspecified atom stereocenters. The summed E-state index contributed by atoms with van der Waals surface area (Å²) in [5.41, 5.74) is 13.5. The molecule has 2 aliphatic rings. The van der Waals surface area contributed by atoms with E-state index >= 15 is 0 Å². The van der Waals surface area contributed by atoms with E-state index in [1.165, 1.54) is 136 Å². The summed E-state index contributed by atoms with van der Waals surface area (Å²) in [6.45, 7) is 0. The first-order valence-electron chi connectivity index (χ1n) is 21.3. The van der Waals surface area contributed by atoms with Gasteiger partial charge in [0.05, 0.1) is 22.7 Å². The first kappa shape index (κ1) is 33.5. The van der Waals surface area contributed by atoms with Gasteiger partial charge in [0.1, 0.15) is 0 Å². The van der Waals surface area contributed by atoms with Gasteiger partial charge in [-0.3, -0.25) is 0 Å². The van der Waals surface area contributed by atoms with Crippen LogP contribution in [0.1, 0.15) is 47.9 Å². The highest BCUT2D eigenvalue weighted by atomic mass is 15.2. The maximum Gasteiger partial charge on any atom is 0.0541 e. The second-order valence-corrected chi connectivity index (χ2v) is 16.5. The normalized spacial score (nSPS) is 14.0. The standard InChI is InChI=1S/C56H44N2/c1-5-21-43-37(13-1)17-9-25-49(43)57(50-26-10-18-38-14-2-6-22-44(38)50)53-35-31-41-30-34-48-54(36-32-42-29-33-47(53)55(41)56(42)48)58(51-27-11-19-39-15-3-7-23-45(39)51)52-28-12-20-40-16-4-8-24-46(40)52/h1,3,5,7,9-13,15,17-21,23,25-36H,2,4,6,8,14,16,22,24H2. The molecule has 278 valence electrons. The summed E-state index contributed by atoms with van der Waals surface area (Å²) in [5, 5.41) is 12.8. The Morgan fingerprint density at radius 3 is 1.14 bits per heavy atom. The van der Waals surface area contributed by atoms with Crippen molar-refractivity contribution in [3.8, 4) is 0 Å². The molecule has 58 heavy (non-hydrogen) atoms. The van der Waals surface area contributed by atoms with Gasteiger partial charge in [0.2, 0.25) is 0 Å². The fourth-order valence-corrected chi connectivity index (χ4v) is 10.7. The Labute approximate surface area is 339 Å². The lowest BCUT2D eigenvalue weighted by Crippen LogP contribution is -2.16. The van der Waals surface area contributed by atoms with Gasteiger partial charge in [-0.25, -0.2) is 0 Å². The average molecular weight is 745 g/mol. The molecule has 0 aromatic heterocycles. The smallest absolute Gasteiger partial charge is 0.0541 e. The summed E-state index contributed by atoms with van der Waals surface area (Å²) in [6, 6.07) is 64.4. The second-order valence-electron chi connectivity index (χ2n) is 16.5. The van der Waals surface area contributed by atoms with Crippen LogP contribution in [0.3, 0.4) is 0 Å². The zero-order chi connectivity index (χ0) is 38.2. The Balaban J connectivity index is 1.15. The number of anilines is 6. The minimum absolute atomic E-state index is 1.11. The third-order valence-electron chi connectivity index (χ3n) is 13.3. The van der Waals surface area contributed by atoms with Crippen LogP contribution in [0, 0.1) is 0 Å².